The number of benzene rings is 1. The highest BCUT2D eigenvalue weighted by molar-refractivity contribution is 5.22. The number of rotatable bonds is 2. The van der Waals surface area contributed by atoms with E-state index < -0.39 is 5.82 Å². The first-order valence-corrected chi connectivity index (χ1v) is 3.06. The van der Waals surface area contributed by atoms with E-state index in [1.54, 1.807) is 6.07 Å². The monoisotopic (exact) mass is 149 g/mol. The number of hydrogen-bond donors (Lipinski definition) is 0. The summed E-state index contributed by atoms with van der Waals surface area (Å²) in [6, 6.07) is 6.63. The summed E-state index contributed by atoms with van der Waals surface area (Å²) in [5.74, 6) is 2.27. The van der Waals surface area contributed by atoms with E-state index in [9.17, 15) is 4.39 Å². The van der Waals surface area contributed by atoms with Gasteiger partial charge in [-0.15, -0.1) is 6.42 Å². The van der Waals surface area contributed by atoms with Crippen molar-refractivity contribution in [3.63, 3.8) is 0 Å². The molecule has 1 aromatic rings. The quantitative estimate of drug-likeness (QED) is 0.581. The third-order valence-electron chi connectivity index (χ3n) is 1.06. The van der Waals surface area contributed by atoms with Gasteiger partial charge in [0.2, 0.25) is 0 Å². The van der Waals surface area contributed by atoms with E-state index in [1.165, 1.54) is 12.1 Å². The van der Waals surface area contributed by atoms with Gasteiger partial charge in [-0.3, -0.25) is 0 Å². The first-order valence-electron chi connectivity index (χ1n) is 3.06. The first kappa shape index (κ1) is 7.62. The molecule has 1 rings (SSSR count). The Balaban J connectivity index is 2.65. The van der Waals surface area contributed by atoms with Gasteiger partial charge in [-0.25, -0.2) is 4.39 Å². The van der Waals surface area contributed by atoms with E-state index in [0.29, 0.717) is 5.75 Å². The Labute approximate surface area is 64.8 Å². The molecule has 1 aromatic carbocycles. The van der Waals surface area contributed by atoms with Crippen molar-refractivity contribution in [2.75, 3.05) is 6.61 Å². The van der Waals surface area contributed by atoms with E-state index in [-0.39, 0.29) is 6.61 Å². The van der Waals surface area contributed by atoms with Gasteiger partial charge in [0.25, 0.3) is 0 Å². The van der Waals surface area contributed by atoms with E-state index in [4.69, 9.17) is 11.2 Å². The molecule has 0 saturated heterocycles. The van der Waals surface area contributed by atoms with Gasteiger partial charge in [0.1, 0.15) is 18.2 Å². The van der Waals surface area contributed by atoms with Crippen molar-refractivity contribution in [3.8, 4) is 18.1 Å². The molecule has 0 saturated carbocycles. The molecular formula is C9H6FO. The van der Waals surface area contributed by atoms with Crippen LogP contribution in [0.3, 0.4) is 0 Å². The lowest BCUT2D eigenvalue weighted by molar-refractivity contribution is 0.368. The molecule has 1 radical (unpaired) electrons. The van der Waals surface area contributed by atoms with Crippen molar-refractivity contribution in [2.24, 2.45) is 0 Å². The zero-order valence-corrected chi connectivity index (χ0v) is 5.80. The summed E-state index contributed by atoms with van der Waals surface area (Å²) in [6.07, 6.45) is 4.94. The van der Waals surface area contributed by atoms with Gasteiger partial charge in [0.15, 0.2) is 0 Å². The summed E-state index contributed by atoms with van der Waals surface area (Å²) < 4.78 is 17.3. The highest BCUT2D eigenvalue weighted by Gasteiger charge is 1.93. The molecular weight excluding hydrogens is 143 g/mol. The molecule has 0 aliphatic carbocycles. The van der Waals surface area contributed by atoms with Crippen LogP contribution in [-0.2, 0) is 0 Å². The lowest BCUT2D eigenvalue weighted by Gasteiger charge is -1.99. The van der Waals surface area contributed by atoms with Crippen molar-refractivity contribution < 1.29 is 9.13 Å². The summed E-state index contributed by atoms with van der Waals surface area (Å²) in [6.45, 7) is 0.156. The van der Waals surface area contributed by atoms with E-state index in [0.717, 1.165) is 0 Å². The van der Waals surface area contributed by atoms with Crippen LogP contribution >= 0.6 is 0 Å². The molecule has 0 aliphatic rings. The molecule has 0 unspecified atom stereocenters. The van der Waals surface area contributed by atoms with Crippen LogP contribution in [0.1, 0.15) is 0 Å². The predicted molar refractivity (Wildman–Crippen MR) is 39.6 cm³/mol. The highest BCUT2D eigenvalue weighted by atomic mass is 19.1. The molecule has 0 aliphatic heterocycles. The van der Waals surface area contributed by atoms with E-state index in [1.807, 2.05) is 0 Å². The highest BCUT2D eigenvalue weighted by Crippen LogP contribution is 2.10. The van der Waals surface area contributed by atoms with Crippen molar-refractivity contribution in [1.29, 1.82) is 0 Å². The van der Waals surface area contributed by atoms with E-state index >= 15 is 0 Å². The maximum atomic E-state index is 12.4. The molecule has 0 fully saturated rings. The van der Waals surface area contributed by atoms with Crippen LogP contribution < -0.4 is 4.74 Å². The topological polar surface area (TPSA) is 9.23 Å². The number of ether oxygens (including phenoxy) is 1. The number of terminal acetylenes is 1. The number of hydrogen-bond acceptors (Lipinski definition) is 1. The van der Waals surface area contributed by atoms with Gasteiger partial charge in [-0.2, -0.15) is 0 Å². The Kier molecular flexibility index (Phi) is 2.51. The molecule has 0 N–H and O–H groups in total. The van der Waals surface area contributed by atoms with Gasteiger partial charge < -0.3 is 4.74 Å². The normalized spacial score (nSPS) is 8.73. The average molecular weight is 149 g/mol. The third-order valence-corrected chi connectivity index (χ3v) is 1.06. The predicted octanol–water partition coefficient (Wildman–Crippen LogP) is 1.64. The summed E-state index contributed by atoms with van der Waals surface area (Å²) in [4.78, 5) is 0. The fourth-order valence-corrected chi connectivity index (χ4v) is 0.633. The molecule has 1 nitrogen and oxygen atoms in total. The zero-order valence-electron chi connectivity index (χ0n) is 5.80. The van der Waals surface area contributed by atoms with E-state index in [2.05, 4.69) is 12.0 Å². The van der Waals surface area contributed by atoms with Crippen LogP contribution in [0.4, 0.5) is 4.39 Å². The Morgan fingerprint density at radius 1 is 1.73 bits per heavy atom. The molecule has 0 amide bonds. The van der Waals surface area contributed by atoms with Crippen molar-refractivity contribution in [2.45, 2.75) is 0 Å². The van der Waals surface area contributed by atoms with Crippen molar-refractivity contribution in [3.05, 3.63) is 30.1 Å². The van der Waals surface area contributed by atoms with Gasteiger partial charge in [0.05, 0.1) is 0 Å². The second-order valence-corrected chi connectivity index (χ2v) is 1.87. The fourth-order valence-electron chi connectivity index (χ4n) is 0.633. The van der Waals surface area contributed by atoms with Crippen LogP contribution in [0.15, 0.2) is 18.2 Å². The lowest BCUT2D eigenvalue weighted by atomic mass is 10.3. The maximum Gasteiger partial charge on any atom is 0.148 e. The molecule has 2 heteroatoms. The molecule has 0 aromatic heterocycles. The minimum absolute atomic E-state index is 0.156. The minimum atomic E-state index is -0.445. The third kappa shape index (κ3) is 2.30. The standard InChI is InChI=1S/C9H6FO/c1-2-6-11-9-5-3-4-8(10)7-9/h1,3,5,7H,6H2. The Hall–Kier alpha value is -1.49. The van der Waals surface area contributed by atoms with Crippen LogP contribution in [0.5, 0.6) is 5.75 Å². The summed E-state index contributed by atoms with van der Waals surface area (Å²) >= 11 is 0. The van der Waals surface area contributed by atoms with Crippen LogP contribution in [0.25, 0.3) is 0 Å². The molecule has 11 heavy (non-hydrogen) atoms. The molecule has 0 bridgehead atoms. The van der Waals surface area contributed by atoms with Crippen molar-refractivity contribution >= 4 is 0 Å². The van der Waals surface area contributed by atoms with Gasteiger partial charge in [-0.05, 0) is 12.1 Å². The second kappa shape index (κ2) is 3.62. The molecule has 0 spiro atoms. The van der Waals surface area contributed by atoms with Gasteiger partial charge in [-0.1, -0.05) is 5.92 Å². The fraction of sp³-hybridized carbons (Fsp3) is 0.111. The second-order valence-electron chi connectivity index (χ2n) is 1.87. The largest absolute Gasteiger partial charge is 0.481 e. The van der Waals surface area contributed by atoms with Crippen LogP contribution in [-0.4, -0.2) is 6.61 Å². The lowest BCUT2D eigenvalue weighted by Crippen LogP contribution is -1.93. The SMILES string of the molecule is C#CCOc1cc[c]c(F)c1. The smallest absolute Gasteiger partial charge is 0.148 e. The van der Waals surface area contributed by atoms with Gasteiger partial charge in [0, 0.05) is 12.1 Å². The van der Waals surface area contributed by atoms with Gasteiger partial charge >= 0.3 is 0 Å². The number of halogens is 1. The summed E-state index contributed by atoms with van der Waals surface area (Å²) in [7, 11) is 0. The molecule has 0 heterocycles. The Morgan fingerprint density at radius 2 is 2.55 bits per heavy atom. The molecule has 55 valence electrons. The minimum Gasteiger partial charge on any atom is -0.481 e. The van der Waals surface area contributed by atoms with Crippen LogP contribution in [0.2, 0.25) is 0 Å². The summed E-state index contributed by atoms with van der Waals surface area (Å²) in [5, 5.41) is 0. The Morgan fingerprint density at radius 3 is 3.18 bits per heavy atom. The average Bonchev–Trinajstić information content (AvgIpc) is 2.01. The zero-order chi connectivity index (χ0) is 8.10. The summed E-state index contributed by atoms with van der Waals surface area (Å²) in [5.41, 5.74) is 0. The molecule has 0 atom stereocenters. The maximum absolute atomic E-state index is 12.4. The van der Waals surface area contributed by atoms with Crippen LogP contribution in [0, 0.1) is 24.2 Å². The first-order chi connectivity index (χ1) is 5.33. The van der Waals surface area contributed by atoms with Crippen molar-refractivity contribution in [1.82, 2.24) is 0 Å². The Bertz CT molecular complexity index is 275.